The smallest absolute Gasteiger partial charge is 0.401 e. The summed E-state index contributed by atoms with van der Waals surface area (Å²) in [4.78, 5) is 39.6. The fourth-order valence-corrected chi connectivity index (χ4v) is 7.92. The summed E-state index contributed by atoms with van der Waals surface area (Å²) in [5, 5.41) is 2.25. The SMILES string of the molecule is COC(=O)c1csc2c(-c3cc(Cl)ccc3OCCN3C(=C=O)C4=C(CCC(N(C)C5CN(CC(F)(F)F)C5)C4)N=C3C)cc(C)nc12. The number of aryl methyl sites for hydroxylation is 1. The number of esters is 1. The summed E-state index contributed by atoms with van der Waals surface area (Å²) < 4.78 is 50.5. The maximum absolute atomic E-state index is 12.8. The van der Waals surface area contributed by atoms with Crippen LogP contribution in [0.15, 0.2) is 51.6 Å². The van der Waals surface area contributed by atoms with Gasteiger partial charge < -0.3 is 14.4 Å². The van der Waals surface area contributed by atoms with Crippen molar-refractivity contribution in [1.82, 2.24) is 19.7 Å². The van der Waals surface area contributed by atoms with Crippen LogP contribution in [-0.2, 0) is 9.53 Å². The van der Waals surface area contributed by atoms with Crippen molar-refractivity contribution in [3.8, 4) is 16.9 Å². The van der Waals surface area contributed by atoms with Crippen LogP contribution in [0.3, 0.4) is 0 Å². The topological polar surface area (TPSA) is 87.6 Å². The number of carbonyl (C=O) groups is 1. The molecule has 3 aromatic rings. The van der Waals surface area contributed by atoms with Crippen molar-refractivity contribution in [3.05, 3.63) is 62.9 Å². The van der Waals surface area contributed by atoms with E-state index in [1.807, 2.05) is 37.9 Å². The Labute approximate surface area is 285 Å². The van der Waals surface area contributed by atoms with Crippen molar-refractivity contribution in [2.24, 2.45) is 4.99 Å². The van der Waals surface area contributed by atoms with E-state index in [-0.39, 0.29) is 18.7 Å². The quantitative estimate of drug-likeness (QED) is 0.184. The molecule has 1 aliphatic carbocycles. The van der Waals surface area contributed by atoms with E-state index in [0.717, 1.165) is 33.5 Å². The third-order valence-corrected chi connectivity index (χ3v) is 10.4. The lowest BCUT2D eigenvalue weighted by Crippen LogP contribution is -2.62. The van der Waals surface area contributed by atoms with Gasteiger partial charge in [0.25, 0.3) is 0 Å². The van der Waals surface area contributed by atoms with Gasteiger partial charge in [0, 0.05) is 63.7 Å². The Balaban J connectivity index is 1.16. The van der Waals surface area contributed by atoms with Crippen LogP contribution >= 0.6 is 22.9 Å². The fourth-order valence-electron chi connectivity index (χ4n) is 6.74. The number of hydrogen-bond donors (Lipinski definition) is 0. The Bertz CT molecular complexity index is 1860. The minimum Gasteiger partial charge on any atom is -0.491 e. The number of halogens is 4. The molecule has 3 aliphatic rings. The van der Waals surface area contributed by atoms with Crippen LogP contribution in [0.4, 0.5) is 13.2 Å². The van der Waals surface area contributed by atoms with E-state index in [2.05, 4.69) is 15.8 Å². The number of fused-ring (bicyclic) bond motifs is 1. The molecule has 1 aromatic carbocycles. The molecule has 0 radical (unpaired) electrons. The number of amidine groups is 1. The molecule has 1 atom stereocenters. The Morgan fingerprint density at radius 3 is 2.67 bits per heavy atom. The van der Waals surface area contributed by atoms with Crippen LogP contribution in [0.5, 0.6) is 5.75 Å². The minimum atomic E-state index is -4.21. The van der Waals surface area contributed by atoms with E-state index in [1.165, 1.54) is 23.3 Å². The maximum Gasteiger partial charge on any atom is 0.401 e. The molecule has 48 heavy (non-hydrogen) atoms. The molecule has 2 aliphatic heterocycles. The van der Waals surface area contributed by atoms with E-state index < -0.39 is 18.7 Å². The average Bonchev–Trinajstić information content (AvgIpc) is 3.45. The minimum absolute atomic E-state index is 0.0294. The van der Waals surface area contributed by atoms with E-state index in [1.54, 1.807) is 17.5 Å². The van der Waals surface area contributed by atoms with Crippen LogP contribution in [0.2, 0.25) is 5.02 Å². The van der Waals surface area contributed by atoms with E-state index in [0.29, 0.717) is 71.6 Å². The number of pyridine rings is 1. The number of allylic oxidation sites excluding steroid dienone is 2. The predicted molar refractivity (Wildman–Crippen MR) is 179 cm³/mol. The van der Waals surface area contributed by atoms with Gasteiger partial charge in [0.1, 0.15) is 23.9 Å². The van der Waals surface area contributed by atoms with Gasteiger partial charge in [0.15, 0.2) is 5.94 Å². The summed E-state index contributed by atoms with van der Waals surface area (Å²) in [6, 6.07) is 7.38. The largest absolute Gasteiger partial charge is 0.491 e. The number of likely N-dealkylation sites (N-methyl/N-ethyl adjacent to an activating group) is 1. The van der Waals surface area contributed by atoms with Crippen LogP contribution in [0.1, 0.15) is 42.2 Å². The number of thiophene rings is 1. The van der Waals surface area contributed by atoms with Gasteiger partial charge in [-0.25, -0.2) is 14.6 Å². The number of alkyl halides is 3. The molecule has 0 bridgehead atoms. The lowest BCUT2D eigenvalue weighted by molar-refractivity contribution is -0.161. The molecule has 254 valence electrons. The molecule has 6 rings (SSSR count). The van der Waals surface area contributed by atoms with Crippen molar-refractivity contribution >= 4 is 50.9 Å². The lowest BCUT2D eigenvalue weighted by Gasteiger charge is -2.48. The Hall–Kier alpha value is -3.74. The first-order chi connectivity index (χ1) is 22.9. The first kappa shape index (κ1) is 34.1. The summed E-state index contributed by atoms with van der Waals surface area (Å²) in [5.41, 5.74) is 5.31. The van der Waals surface area contributed by atoms with Gasteiger partial charge in [-0.3, -0.25) is 14.8 Å². The molecule has 9 nitrogen and oxygen atoms in total. The monoisotopic (exact) mass is 701 g/mol. The number of likely N-dealkylation sites (tertiary alicyclic amines) is 1. The summed E-state index contributed by atoms with van der Waals surface area (Å²) in [5.74, 6) is 2.93. The van der Waals surface area contributed by atoms with Gasteiger partial charge in [0.05, 0.1) is 36.0 Å². The van der Waals surface area contributed by atoms with Crippen molar-refractivity contribution in [2.45, 2.75) is 51.4 Å². The number of ether oxygens (including phenoxy) is 2. The van der Waals surface area contributed by atoms with E-state index in [4.69, 9.17) is 26.1 Å². The summed E-state index contributed by atoms with van der Waals surface area (Å²) in [6.07, 6.45) is -2.16. The van der Waals surface area contributed by atoms with Gasteiger partial charge in [-0.1, -0.05) is 11.6 Å². The highest BCUT2D eigenvalue weighted by atomic mass is 35.5. The highest BCUT2D eigenvalue weighted by molar-refractivity contribution is 7.18. The molecule has 2 aromatic heterocycles. The molecule has 1 unspecified atom stereocenters. The van der Waals surface area contributed by atoms with Gasteiger partial charge >= 0.3 is 12.1 Å². The molecule has 14 heteroatoms. The van der Waals surface area contributed by atoms with Crippen molar-refractivity contribution in [3.63, 3.8) is 0 Å². The lowest BCUT2D eigenvalue weighted by atomic mass is 9.87. The molecule has 0 saturated carbocycles. The number of aliphatic imine (C=N–C) groups is 1. The number of carbonyl (C=O) groups excluding carboxylic acids is 2. The van der Waals surface area contributed by atoms with Gasteiger partial charge in [-0.15, -0.1) is 11.3 Å². The number of rotatable bonds is 9. The van der Waals surface area contributed by atoms with E-state index >= 15 is 0 Å². The molecular formula is C34H35ClF3N5O4S. The van der Waals surface area contributed by atoms with E-state index in [9.17, 15) is 22.8 Å². The first-order valence-electron chi connectivity index (χ1n) is 15.6. The van der Waals surface area contributed by atoms with Crippen LogP contribution in [0.25, 0.3) is 21.3 Å². The molecular weight excluding hydrogens is 667 g/mol. The standard InChI is InChI=1S/C34H35ClF3N5O4S/c1-19-11-25(32-31(39-19)27(17-48-32)33(45)46-4)24-12-21(35)5-8-30(24)47-10-9-43-20(2)40-28-7-6-22(13-26(28)29(43)16-44)41(3)23-14-42(15-23)18-34(36,37)38/h5,8,11-12,17,22-23H,6-7,9-10,13-15,18H2,1-4H3. The van der Waals surface area contributed by atoms with Crippen molar-refractivity contribution in [1.29, 1.82) is 0 Å². The number of benzene rings is 1. The number of methoxy groups -OCH3 is 1. The summed E-state index contributed by atoms with van der Waals surface area (Å²) >= 11 is 7.83. The second-order valence-electron chi connectivity index (χ2n) is 12.3. The number of hydrogen-bond acceptors (Lipinski definition) is 10. The maximum atomic E-state index is 12.8. The Kier molecular flexibility index (Phi) is 9.70. The molecule has 0 spiro atoms. The van der Waals surface area contributed by atoms with Crippen molar-refractivity contribution < 1.29 is 32.2 Å². The summed E-state index contributed by atoms with van der Waals surface area (Å²) in [6.45, 7) is 4.07. The van der Waals surface area contributed by atoms with Crippen LogP contribution in [0, 0.1) is 6.92 Å². The Morgan fingerprint density at radius 2 is 1.96 bits per heavy atom. The van der Waals surface area contributed by atoms with Gasteiger partial charge in [-0.2, -0.15) is 13.2 Å². The molecule has 0 N–H and O–H groups in total. The Morgan fingerprint density at radius 1 is 1.19 bits per heavy atom. The number of nitrogens with zero attached hydrogens (tertiary/aromatic N) is 5. The zero-order chi connectivity index (χ0) is 34.3. The molecule has 4 heterocycles. The zero-order valence-electron chi connectivity index (χ0n) is 27.0. The van der Waals surface area contributed by atoms with Crippen molar-refractivity contribution in [2.75, 3.05) is 46.9 Å². The zero-order valence-corrected chi connectivity index (χ0v) is 28.6. The number of aromatic nitrogens is 1. The third kappa shape index (κ3) is 6.88. The highest BCUT2D eigenvalue weighted by Gasteiger charge is 2.41. The third-order valence-electron chi connectivity index (χ3n) is 9.20. The van der Waals surface area contributed by atoms with Crippen LogP contribution in [-0.4, -0.2) is 103 Å². The van der Waals surface area contributed by atoms with Gasteiger partial charge in [-0.05, 0) is 64.4 Å². The second kappa shape index (κ2) is 13.6. The molecule has 1 fully saturated rings. The molecule has 0 amide bonds. The normalized spacial score (nSPS) is 18.9. The highest BCUT2D eigenvalue weighted by Crippen LogP contribution is 2.41. The molecule has 1 saturated heterocycles. The second-order valence-corrected chi connectivity index (χ2v) is 13.6. The summed E-state index contributed by atoms with van der Waals surface area (Å²) in [7, 11) is 3.29. The average molecular weight is 702 g/mol. The predicted octanol–water partition coefficient (Wildman–Crippen LogP) is 6.52. The first-order valence-corrected chi connectivity index (χ1v) is 16.8. The van der Waals surface area contributed by atoms with Crippen LogP contribution < -0.4 is 4.74 Å². The van der Waals surface area contributed by atoms with Gasteiger partial charge in [0.2, 0.25) is 0 Å². The fraction of sp³-hybridized carbons (Fsp3) is 0.441.